The highest BCUT2D eigenvalue weighted by Crippen LogP contribution is 2.08. The Morgan fingerprint density at radius 1 is 1.12 bits per heavy atom. The lowest BCUT2D eigenvalue weighted by Gasteiger charge is -2.20. The maximum Gasteiger partial charge on any atom is 0.224 e. The minimum absolute atomic E-state index is 0.0657. The summed E-state index contributed by atoms with van der Waals surface area (Å²) in [5, 5.41) is 6.40. The Kier molecular flexibility index (Phi) is 10.2. The number of hydrogen-bond acceptors (Lipinski definition) is 2. The van der Waals surface area contributed by atoms with E-state index in [1.54, 1.807) is 0 Å². The number of nitrogens with one attached hydrogen (secondary N) is 2. The van der Waals surface area contributed by atoms with Crippen LogP contribution in [0.3, 0.4) is 0 Å². The van der Waals surface area contributed by atoms with Crippen molar-refractivity contribution in [2.75, 3.05) is 13.1 Å². The minimum Gasteiger partial charge on any atom is -0.353 e. The quantitative estimate of drug-likeness (QED) is 0.618. The number of carbonyl (C=O) groups excluding carboxylic acids is 1. The summed E-state index contributed by atoms with van der Waals surface area (Å²) >= 11 is 0. The molecule has 0 heterocycles. The van der Waals surface area contributed by atoms with Crippen molar-refractivity contribution in [3.8, 4) is 0 Å². The largest absolute Gasteiger partial charge is 0.353 e. The van der Waals surface area contributed by atoms with Gasteiger partial charge in [0.25, 0.3) is 0 Å². The van der Waals surface area contributed by atoms with E-state index in [9.17, 15) is 4.79 Å². The van der Waals surface area contributed by atoms with Gasteiger partial charge in [-0.25, -0.2) is 0 Å². The van der Waals surface area contributed by atoms with Gasteiger partial charge in [0.15, 0.2) is 0 Å². The number of amides is 1. The standard InChI is InChI=1S/C14H30N2O/c1-5-8-10-13(9-6-2)16-14(17)12(4)11-15-7-3/h12-13,15H,5-11H2,1-4H3,(H,16,17). The normalized spacial score (nSPS) is 14.4. The molecule has 2 N–H and O–H groups in total. The van der Waals surface area contributed by atoms with Crippen LogP contribution >= 0.6 is 0 Å². The molecule has 2 atom stereocenters. The van der Waals surface area contributed by atoms with Gasteiger partial charge in [-0.15, -0.1) is 0 Å². The van der Waals surface area contributed by atoms with Crippen molar-refractivity contribution in [2.45, 2.75) is 65.8 Å². The van der Waals surface area contributed by atoms with Gasteiger partial charge in [-0.05, 0) is 19.4 Å². The van der Waals surface area contributed by atoms with E-state index < -0.39 is 0 Å². The molecular formula is C14H30N2O. The second-order valence-electron chi connectivity index (χ2n) is 4.85. The third-order valence-corrected chi connectivity index (χ3v) is 3.04. The van der Waals surface area contributed by atoms with Crippen molar-refractivity contribution in [1.29, 1.82) is 0 Å². The Balaban J connectivity index is 4.00. The molecule has 0 aliphatic carbocycles. The van der Waals surface area contributed by atoms with Gasteiger partial charge >= 0.3 is 0 Å². The first-order valence-electron chi connectivity index (χ1n) is 7.16. The molecule has 0 bridgehead atoms. The van der Waals surface area contributed by atoms with Gasteiger partial charge in [0, 0.05) is 18.5 Å². The average molecular weight is 242 g/mol. The number of rotatable bonds is 10. The lowest BCUT2D eigenvalue weighted by molar-refractivity contribution is -0.125. The number of unbranched alkanes of at least 4 members (excludes halogenated alkanes) is 1. The van der Waals surface area contributed by atoms with E-state index in [4.69, 9.17) is 0 Å². The number of hydrogen-bond donors (Lipinski definition) is 2. The van der Waals surface area contributed by atoms with Crippen LogP contribution in [0.1, 0.15) is 59.8 Å². The molecule has 102 valence electrons. The molecule has 0 radical (unpaired) electrons. The first-order valence-corrected chi connectivity index (χ1v) is 7.16. The van der Waals surface area contributed by atoms with Gasteiger partial charge < -0.3 is 10.6 Å². The van der Waals surface area contributed by atoms with E-state index in [2.05, 4.69) is 31.4 Å². The van der Waals surface area contributed by atoms with Crippen molar-refractivity contribution in [1.82, 2.24) is 10.6 Å². The summed E-state index contributed by atoms with van der Waals surface area (Å²) in [6.45, 7) is 10.1. The SMILES string of the molecule is CCCCC(CCC)NC(=O)C(C)CNCC. The van der Waals surface area contributed by atoms with Crippen LogP contribution in [0.25, 0.3) is 0 Å². The Morgan fingerprint density at radius 2 is 1.82 bits per heavy atom. The monoisotopic (exact) mass is 242 g/mol. The van der Waals surface area contributed by atoms with Crippen LogP contribution in [0.15, 0.2) is 0 Å². The van der Waals surface area contributed by atoms with Crippen molar-refractivity contribution >= 4 is 5.91 Å². The molecule has 0 rings (SSSR count). The average Bonchev–Trinajstić information content (AvgIpc) is 2.33. The summed E-state index contributed by atoms with van der Waals surface area (Å²) in [4.78, 5) is 11.9. The molecule has 0 saturated heterocycles. The maximum absolute atomic E-state index is 11.9. The number of carbonyl (C=O) groups is 1. The van der Waals surface area contributed by atoms with E-state index in [-0.39, 0.29) is 11.8 Å². The minimum atomic E-state index is 0.0657. The van der Waals surface area contributed by atoms with Crippen LogP contribution in [0.4, 0.5) is 0 Å². The Bertz CT molecular complexity index is 195. The van der Waals surface area contributed by atoms with Crippen LogP contribution in [-0.4, -0.2) is 25.0 Å². The van der Waals surface area contributed by atoms with Crippen LogP contribution in [0, 0.1) is 5.92 Å². The van der Waals surface area contributed by atoms with Crippen molar-refractivity contribution in [3.05, 3.63) is 0 Å². The zero-order valence-electron chi connectivity index (χ0n) is 12.0. The topological polar surface area (TPSA) is 41.1 Å². The molecule has 0 aromatic heterocycles. The molecule has 0 saturated carbocycles. The first-order chi connectivity index (χ1) is 8.15. The Labute approximate surface area is 107 Å². The molecule has 2 unspecified atom stereocenters. The van der Waals surface area contributed by atoms with Crippen LogP contribution in [0.5, 0.6) is 0 Å². The molecule has 17 heavy (non-hydrogen) atoms. The molecule has 0 aromatic carbocycles. The van der Waals surface area contributed by atoms with Crippen LogP contribution in [-0.2, 0) is 4.79 Å². The van der Waals surface area contributed by atoms with Gasteiger partial charge in [-0.3, -0.25) is 4.79 Å². The molecule has 0 aliphatic heterocycles. The predicted molar refractivity (Wildman–Crippen MR) is 74.1 cm³/mol. The fraction of sp³-hybridized carbons (Fsp3) is 0.929. The van der Waals surface area contributed by atoms with Gasteiger partial charge in [-0.2, -0.15) is 0 Å². The maximum atomic E-state index is 11.9. The van der Waals surface area contributed by atoms with Crippen LogP contribution < -0.4 is 10.6 Å². The van der Waals surface area contributed by atoms with Gasteiger partial charge in [-0.1, -0.05) is 47.0 Å². The summed E-state index contributed by atoms with van der Waals surface area (Å²) < 4.78 is 0. The third-order valence-electron chi connectivity index (χ3n) is 3.04. The van der Waals surface area contributed by atoms with Gasteiger partial charge in [0.1, 0.15) is 0 Å². The Morgan fingerprint density at radius 3 is 2.35 bits per heavy atom. The second-order valence-corrected chi connectivity index (χ2v) is 4.85. The molecule has 1 amide bonds. The summed E-state index contributed by atoms with van der Waals surface area (Å²) in [5.74, 6) is 0.261. The zero-order valence-corrected chi connectivity index (χ0v) is 12.0. The van der Waals surface area contributed by atoms with Gasteiger partial charge in [0.05, 0.1) is 0 Å². The second kappa shape index (κ2) is 10.6. The van der Waals surface area contributed by atoms with Gasteiger partial charge in [0.2, 0.25) is 5.91 Å². The fourth-order valence-electron chi connectivity index (χ4n) is 1.88. The first kappa shape index (κ1) is 16.4. The van der Waals surface area contributed by atoms with Crippen molar-refractivity contribution in [3.63, 3.8) is 0 Å². The molecule has 0 spiro atoms. The molecule has 3 nitrogen and oxygen atoms in total. The van der Waals surface area contributed by atoms with E-state index in [0.717, 1.165) is 32.4 Å². The third kappa shape index (κ3) is 8.19. The lowest BCUT2D eigenvalue weighted by atomic mass is 10.0. The summed E-state index contributed by atoms with van der Waals surface area (Å²) in [7, 11) is 0. The van der Waals surface area contributed by atoms with Crippen LogP contribution in [0.2, 0.25) is 0 Å². The molecule has 0 aromatic rings. The Hall–Kier alpha value is -0.570. The highest BCUT2D eigenvalue weighted by Gasteiger charge is 2.16. The smallest absolute Gasteiger partial charge is 0.224 e. The highest BCUT2D eigenvalue weighted by atomic mass is 16.1. The van der Waals surface area contributed by atoms with Crippen molar-refractivity contribution < 1.29 is 4.79 Å². The lowest BCUT2D eigenvalue weighted by Crippen LogP contribution is -2.41. The molecule has 3 heteroatoms. The van der Waals surface area contributed by atoms with E-state index in [0.29, 0.717) is 6.04 Å². The highest BCUT2D eigenvalue weighted by molar-refractivity contribution is 5.78. The fourth-order valence-corrected chi connectivity index (χ4v) is 1.88. The van der Waals surface area contributed by atoms with E-state index >= 15 is 0 Å². The summed E-state index contributed by atoms with van der Waals surface area (Å²) in [6, 6.07) is 0.372. The zero-order chi connectivity index (χ0) is 13.1. The van der Waals surface area contributed by atoms with E-state index in [1.807, 2.05) is 6.92 Å². The van der Waals surface area contributed by atoms with E-state index in [1.165, 1.54) is 12.8 Å². The summed E-state index contributed by atoms with van der Waals surface area (Å²) in [6.07, 6.45) is 5.75. The predicted octanol–water partition coefficient (Wildman–Crippen LogP) is 2.71. The summed E-state index contributed by atoms with van der Waals surface area (Å²) in [5.41, 5.74) is 0. The molecule has 0 aliphatic rings. The molecule has 0 fully saturated rings. The van der Waals surface area contributed by atoms with Crippen molar-refractivity contribution in [2.24, 2.45) is 5.92 Å². The molecular weight excluding hydrogens is 212 g/mol.